The summed E-state index contributed by atoms with van der Waals surface area (Å²) in [6.45, 7) is 0.600. The molecule has 2 aromatic rings. The van der Waals surface area contributed by atoms with Crippen molar-refractivity contribution in [3.8, 4) is 0 Å². The molecule has 3 rings (SSSR count). The van der Waals surface area contributed by atoms with Gasteiger partial charge in [0.1, 0.15) is 11.5 Å². The summed E-state index contributed by atoms with van der Waals surface area (Å²) in [6, 6.07) is 3.47. The third-order valence-electron chi connectivity index (χ3n) is 3.60. The van der Waals surface area contributed by atoms with Gasteiger partial charge in [-0.15, -0.1) is 0 Å². The number of rotatable bonds is 3. The van der Waals surface area contributed by atoms with Crippen molar-refractivity contribution in [2.45, 2.75) is 19.0 Å². The van der Waals surface area contributed by atoms with E-state index in [1.165, 1.54) is 18.2 Å². The van der Waals surface area contributed by atoms with Gasteiger partial charge in [-0.25, -0.2) is 9.18 Å². The maximum atomic E-state index is 13.2. The lowest BCUT2D eigenvalue weighted by Crippen LogP contribution is -2.42. The van der Waals surface area contributed by atoms with E-state index >= 15 is 0 Å². The quantitative estimate of drug-likeness (QED) is 0.885. The minimum atomic E-state index is -0.402. The molecule has 1 saturated heterocycles. The van der Waals surface area contributed by atoms with Crippen LogP contribution in [0.1, 0.15) is 12.1 Å². The standard InChI is InChI=1S/C14H15FN4O3/c1-19-7-9(5-13(19)20)17-14(21)16-6-11-10-4-8(15)2-3-12(10)22-18-11/h2-4,9H,5-7H2,1H3,(H2,16,17,21)/t9-/m0/s1. The Balaban J connectivity index is 1.58. The van der Waals surface area contributed by atoms with Crippen LogP contribution >= 0.6 is 0 Å². The van der Waals surface area contributed by atoms with E-state index in [0.29, 0.717) is 29.6 Å². The Labute approximate surface area is 125 Å². The van der Waals surface area contributed by atoms with Crippen molar-refractivity contribution in [1.29, 1.82) is 0 Å². The van der Waals surface area contributed by atoms with Crippen LogP contribution in [0.25, 0.3) is 11.0 Å². The van der Waals surface area contributed by atoms with E-state index in [2.05, 4.69) is 15.8 Å². The summed E-state index contributed by atoms with van der Waals surface area (Å²) in [7, 11) is 1.69. The third-order valence-corrected chi connectivity index (χ3v) is 3.60. The number of benzene rings is 1. The lowest BCUT2D eigenvalue weighted by Gasteiger charge is -2.12. The lowest BCUT2D eigenvalue weighted by molar-refractivity contribution is -0.126. The van der Waals surface area contributed by atoms with Crippen molar-refractivity contribution in [2.75, 3.05) is 13.6 Å². The topological polar surface area (TPSA) is 87.5 Å². The zero-order chi connectivity index (χ0) is 15.7. The van der Waals surface area contributed by atoms with Gasteiger partial charge in [-0.3, -0.25) is 4.79 Å². The number of hydrogen-bond acceptors (Lipinski definition) is 4. The van der Waals surface area contributed by atoms with Crippen LogP contribution in [0.3, 0.4) is 0 Å². The Morgan fingerprint density at radius 1 is 1.55 bits per heavy atom. The zero-order valence-corrected chi connectivity index (χ0v) is 11.9. The predicted molar refractivity (Wildman–Crippen MR) is 75.4 cm³/mol. The van der Waals surface area contributed by atoms with Crippen LogP contribution in [0, 0.1) is 5.82 Å². The fourth-order valence-electron chi connectivity index (χ4n) is 2.45. The van der Waals surface area contributed by atoms with E-state index in [4.69, 9.17) is 4.52 Å². The minimum absolute atomic E-state index is 0.00303. The number of likely N-dealkylation sites (tertiary alicyclic amines) is 1. The van der Waals surface area contributed by atoms with E-state index < -0.39 is 11.8 Å². The molecule has 7 nitrogen and oxygen atoms in total. The van der Waals surface area contributed by atoms with Crippen LogP contribution < -0.4 is 10.6 Å². The zero-order valence-electron chi connectivity index (χ0n) is 11.9. The molecule has 22 heavy (non-hydrogen) atoms. The molecule has 1 atom stereocenters. The Kier molecular flexibility index (Phi) is 3.66. The molecular formula is C14H15FN4O3. The highest BCUT2D eigenvalue weighted by molar-refractivity contribution is 5.82. The van der Waals surface area contributed by atoms with Crippen LogP contribution in [0.15, 0.2) is 22.7 Å². The number of fused-ring (bicyclic) bond motifs is 1. The molecule has 0 bridgehead atoms. The summed E-state index contributed by atoms with van der Waals surface area (Å²) in [4.78, 5) is 24.8. The van der Waals surface area contributed by atoms with Gasteiger partial charge in [-0.05, 0) is 18.2 Å². The molecular weight excluding hydrogens is 291 g/mol. The molecule has 1 aromatic heterocycles. The van der Waals surface area contributed by atoms with Crippen LogP contribution in [-0.2, 0) is 11.3 Å². The minimum Gasteiger partial charge on any atom is -0.356 e. The summed E-state index contributed by atoms with van der Waals surface area (Å²) in [5.74, 6) is -0.392. The molecule has 116 valence electrons. The number of nitrogens with zero attached hydrogens (tertiary/aromatic N) is 2. The maximum absolute atomic E-state index is 13.2. The fourth-order valence-corrected chi connectivity index (χ4v) is 2.45. The normalized spacial score (nSPS) is 18.0. The molecule has 0 radical (unpaired) electrons. The van der Waals surface area contributed by atoms with Gasteiger partial charge in [-0.2, -0.15) is 0 Å². The van der Waals surface area contributed by atoms with Gasteiger partial charge in [0, 0.05) is 25.4 Å². The molecule has 2 N–H and O–H groups in total. The second-order valence-electron chi connectivity index (χ2n) is 5.27. The van der Waals surface area contributed by atoms with Crippen molar-refractivity contribution < 1.29 is 18.5 Å². The smallest absolute Gasteiger partial charge is 0.315 e. The number of carbonyl (C=O) groups is 2. The third kappa shape index (κ3) is 2.85. The number of nitrogens with one attached hydrogen (secondary N) is 2. The van der Waals surface area contributed by atoms with Crippen LogP contribution in [0.4, 0.5) is 9.18 Å². The number of carbonyl (C=O) groups excluding carboxylic acids is 2. The molecule has 0 aliphatic carbocycles. The van der Waals surface area contributed by atoms with Gasteiger partial charge in [0.25, 0.3) is 0 Å². The number of halogens is 1. The monoisotopic (exact) mass is 306 g/mol. The molecule has 0 saturated carbocycles. The summed E-state index contributed by atoms with van der Waals surface area (Å²) in [6.07, 6.45) is 0.294. The Morgan fingerprint density at radius 2 is 2.36 bits per heavy atom. The van der Waals surface area contributed by atoms with Gasteiger partial charge >= 0.3 is 6.03 Å². The molecule has 3 amide bonds. The molecule has 0 spiro atoms. The van der Waals surface area contributed by atoms with Gasteiger partial charge in [0.2, 0.25) is 5.91 Å². The molecule has 0 unspecified atom stereocenters. The highest BCUT2D eigenvalue weighted by atomic mass is 19.1. The van der Waals surface area contributed by atoms with Gasteiger partial charge in [-0.1, -0.05) is 5.16 Å². The maximum Gasteiger partial charge on any atom is 0.315 e. The number of urea groups is 1. The predicted octanol–water partition coefficient (Wildman–Crippen LogP) is 0.997. The van der Waals surface area contributed by atoms with E-state index in [9.17, 15) is 14.0 Å². The van der Waals surface area contributed by atoms with Crippen molar-refractivity contribution in [3.63, 3.8) is 0 Å². The molecule has 1 aliphatic heterocycles. The first-order chi connectivity index (χ1) is 10.5. The van der Waals surface area contributed by atoms with E-state index in [0.717, 1.165) is 0 Å². The van der Waals surface area contributed by atoms with Gasteiger partial charge in [0.05, 0.1) is 12.6 Å². The first-order valence-corrected chi connectivity index (χ1v) is 6.85. The Bertz CT molecular complexity index is 730. The van der Waals surface area contributed by atoms with Gasteiger partial charge < -0.3 is 20.1 Å². The lowest BCUT2D eigenvalue weighted by atomic mass is 10.2. The van der Waals surface area contributed by atoms with Gasteiger partial charge in [0.15, 0.2) is 5.58 Å². The van der Waals surface area contributed by atoms with Crippen molar-refractivity contribution in [1.82, 2.24) is 20.7 Å². The molecule has 1 aliphatic rings. The van der Waals surface area contributed by atoms with Crippen LogP contribution in [0.2, 0.25) is 0 Å². The summed E-state index contributed by atoms with van der Waals surface area (Å²) in [5.41, 5.74) is 0.908. The number of likely N-dealkylation sites (N-methyl/N-ethyl adjacent to an activating group) is 1. The second-order valence-corrected chi connectivity index (χ2v) is 5.27. The average Bonchev–Trinajstić information content (AvgIpc) is 3.00. The molecule has 2 heterocycles. The number of aromatic nitrogens is 1. The molecule has 1 fully saturated rings. The SMILES string of the molecule is CN1C[C@@H](NC(=O)NCc2noc3ccc(F)cc23)CC1=O. The van der Waals surface area contributed by atoms with E-state index in [1.807, 2.05) is 0 Å². The van der Waals surface area contributed by atoms with Crippen molar-refractivity contribution >= 4 is 22.9 Å². The molecule has 8 heteroatoms. The van der Waals surface area contributed by atoms with E-state index in [-0.39, 0.29) is 18.5 Å². The van der Waals surface area contributed by atoms with E-state index in [1.54, 1.807) is 11.9 Å². The van der Waals surface area contributed by atoms with Crippen molar-refractivity contribution in [2.24, 2.45) is 0 Å². The van der Waals surface area contributed by atoms with Crippen LogP contribution in [-0.4, -0.2) is 41.6 Å². The Hall–Kier alpha value is -2.64. The second kappa shape index (κ2) is 5.63. The first kappa shape index (κ1) is 14.3. The highest BCUT2D eigenvalue weighted by Crippen LogP contribution is 2.19. The number of hydrogen-bond donors (Lipinski definition) is 2. The summed E-state index contributed by atoms with van der Waals surface area (Å²) < 4.78 is 18.3. The summed E-state index contributed by atoms with van der Waals surface area (Å²) in [5, 5.41) is 9.69. The molecule has 1 aromatic carbocycles. The Morgan fingerprint density at radius 3 is 3.09 bits per heavy atom. The van der Waals surface area contributed by atoms with Crippen molar-refractivity contribution in [3.05, 3.63) is 29.7 Å². The number of amides is 3. The fraction of sp³-hybridized carbons (Fsp3) is 0.357. The average molecular weight is 306 g/mol. The first-order valence-electron chi connectivity index (χ1n) is 6.85. The van der Waals surface area contributed by atoms with Crippen LogP contribution in [0.5, 0.6) is 0 Å². The largest absolute Gasteiger partial charge is 0.356 e. The summed E-state index contributed by atoms with van der Waals surface area (Å²) >= 11 is 0. The highest BCUT2D eigenvalue weighted by Gasteiger charge is 2.27.